The zero-order valence-electron chi connectivity index (χ0n) is 10.7. The lowest BCUT2D eigenvalue weighted by molar-refractivity contribution is -0.141. The molecule has 0 aromatic carbocycles. The predicted molar refractivity (Wildman–Crippen MR) is 65.9 cm³/mol. The summed E-state index contributed by atoms with van der Waals surface area (Å²) in [6, 6.07) is -0.181. The van der Waals surface area contributed by atoms with Gasteiger partial charge in [0.05, 0.1) is 25.4 Å². The van der Waals surface area contributed by atoms with E-state index in [-0.39, 0.29) is 11.7 Å². The molecule has 2 atom stereocenters. The third-order valence-corrected chi connectivity index (χ3v) is 3.38. The molecule has 0 aliphatic carbocycles. The van der Waals surface area contributed by atoms with E-state index in [4.69, 9.17) is 5.11 Å². The van der Waals surface area contributed by atoms with Crippen molar-refractivity contribution in [2.24, 2.45) is 5.92 Å². The molecule has 7 heteroatoms. The highest BCUT2D eigenvalue weighted by Gasteiger charge is 2.36. The van der Waals surface area contributed by atoms with Crippen LogP contribution in [0.4, 0.5) is 5.82 Å². The van der Waals surface area contributed by atoms with Crippen molar-refractivity contribution in [1.29, 1.82) is 0 Å². The Kier molecular flexibility index (Phi) is 3.64. The average molecular weight is 265 g/mol. The van der Waals surface area contributed by atoms with E-state index >= 15 is 0 Å². The quantitative estimate of drug-likeness (QED) is 0.798. The molecule has 19 heavy (non-hydrogen) atoms. The Hall–Kier alpha value is -2.18. The molecule has 1 aromatic rings. The van der Waals surface area contributed by atoms with Crippen LogP contribution < -0.4 is 4.90 Å². The van der Waals surface area contributed by atoms with Gasteiger partial charge in [0.15, 0.2) is 5.69 Å². The summed E-state index contributed by atoms with van der Waals surface area (Å²) in [5.74, 6) is -1.30. The van der Waals surface area contributed by atoms with E-state index < -0.39 is 17.9 Å². The van der Waals surface area contributed by atoms with E-state index in [0.29, 0.717) is 18.8 Å². The van der Waals surface area contributed by atoms with E-state index in [1.165, 1.54) is 19.5 Å². The van der Waals surface area contributed by atoms with Gasteiger partial charge in [0, 0.05) is 12.6 Å². The Labute approximate surface area is 110 Å². The summed E-state index contributed by atoms with van der Waals surface area (Å²) in [7, 11) is 1.27. The molecule has 0 bridgehead atoms. The number of aliphatic carboxylic acids is 1. The Bertz CT molecular complexity index is 506. The monoisotopic (exact) mass is 265 g/mol. The number of methoxy groups -OCH3 is 1. The van der Waals surface area contributed by atoms with E-state index in [1.54, 1.807) is 0 Å². The molecule has 1 aliphatic heterocycles. The number of aromatic nitrogens is 2. The van der Waals surface area contributed by atoms with Crippen molar-refractivity contribution in [2.75, 3.05) is 18.6 Å². The van der Waals surface area contributed by atoms with Crippen LogP contribution in [0.3, 0.4) is 0 Å². The average Bonchev–Trinajstić information content (AvgIpc) is 2.80. The van der Waals surface area contributed by atoms with Crippen LogP contribution >= 0.6 is 0 Å². The van der Waals surface area contributed by atoms with Gasteiger partial charge in [-0.15, -0.1) is 0 Å². The van der Waals surface area contributed by atoms with Gasteiger partial charge in [-0.3, -0.25) is 9.78 Å². The highest BCUT2D eigenvalue weighted by molar-refractivity contribution is 5.87. The normalized spacial score (nSPS) is 22.3. The molecule has 2 heterocycles. The lowest BCUT2D eigenvalue weighted by atomic mass is 10.0. The van der Waals surface area contributed by atoms with Gasteiger partial charge >= 0.3 is 11.9 Å². The summed E-state index contributed by atoms with van der Waals surface area (Å²) >= 11 is 0. The first kappa shape index (κ1) is 13.3. The molecule has 0 amide bonds. The topological polar surface area (TPSA) is 92.6 Å². The fourth-order valence-corrected chi connectivity index (χ4v) is 2.29. The van der Waals surface area contributed by atoms with Gasteiger partial charge in [0.25, 0.3) is 0 Å². The van der Waals surface area contributed by atoms with Crippen molar-refractivity contribution in [3.63, 3.8) is 0 Å². The maximum absolute atomic E-state index is 11.4. The second-order valence-electron chi connectivity index (χ2n) is 4.42. The fourth-order valence-electron chi connectivity index (χ4n) is 2.29. The summed E-state index contributed by atoms with van der Waals surface area (Å²) in [5.41, 5.74) is 0.117. The Morgan fingerprint density at radius 1 is 1.47 bits per heavy atom. The molecular weight excluding hydrogens is 250 g/mol. The molecule has 1 aliphatic rings. The number of esters is 1. The van der Waals surface area contributed by atoms with Gasteiger partial charge in [0.1, 0.15) is 5.82 Å². The molecule has 0 radical (unpaired) electrons. The molecule has 2 rings (SSSR count). The lowest BCUT2D eigenvalue weighted by Gasteiger charge is -2.24. The van der Waals surface area contributed by atoms with Crippen LogP contribution in [0, 0.1) is 5.92 Å². The first-order chi connectivity index (χ1) is 9.04. The van der Waals surface area contributed by atoms with E-state index in [9.17, 15) is 9.59 Å². The largest absolute Gasteiger partial charge is 0.481 e. The minimum atomic E-state index is -0.813. The summed E-state index contributed by atoms with van der Waals surface area (Å²) in [6.45, 7) is 2.41. The van der Waals surface area contributed by atoms with Crippen LogP contribution in [0.15, 0.2) is 12.4 Å². The van der Waals surface area contributed by atoms with Gasteiger partial charge < -0.3 is 14.7 Å². The van der Waals surface area contributed by atoms with Gasteiger partial charge in [-0.25, -0.2) is 9.78 Å². The molecule has 1 fully saturated rings. The third-order valence-electron chi connectivity index (χ3n) is 3.38. The molecule has 7 nitrogen and oxygen atoms in total. The number of carboxylic acids is 1. The summed E-state index contributed by atoms with van der Waals surface area (Å²) in [6.07, 6.45) is 3.40. The number of carboxylic acid groups (broad SMARTS) is 1. The number of carbonyl (C=O) groups is 2. The number of hydrogen-bond donors (Lipinski definition) is 1. The van der Waals surface area contributed by atoms with Crippen molar-refractivity contribution < 1.29 is 19.4 Å². The van der Waals surface area contributed by atoms with Gasteiger partial charge in [0.2, 0.25) is 0 Å². The molecule has 0 spiro atoms. The van der Waals surface area contributed by atoms with E-state index in [0.717, 1.165) is 0 Å². The smallest absolute Gasteiger partial charge is 0.358 e. The van der Waals surface area contributed by atoms with Crippen LogP contribution in [0.2, 0.25) is 0 Å². The number of rotatable bonds is 3. The Morgan fingerprint density at radius 2 is 2.21 bits per heavy atom. The number of carbonyl (C=O) groups excluding carboxylic acids is 1. The van der Waals surface area contributed by atoms with E-state index in [1.807, 2.05) is 11.8 Å². The van der Waals surface area contributed by atoms with Crippen LogP contribution in [-0.2, 0) is 9.53 Å². The standard InChI is InChI=1S/C12H15N3O4/c1-7-8(11(16)17)3-4-15(7)10-6-13-5-9(14-10)12(18)19-2/h5-8H,3-4H2,1-2H3,(H,16,17). The second kappa shape index (κ2) is 5.21. The molecule has 1 N–H and O–H groups in total. The zero-order valence-corrected chi connectivity index (χ0v) is 10.7. The van der Waals surface area contributed by atoms with Gasteiger partial charge in [-0.2, -0.15) is 0 Å². The maximum atomic E-state index is 11.4. The minimum absolute atomic E-state index is 0.117. The zero-order chi connectivity index (χ0) is 14.0. The molecule has 0 saturated carbocycles. The van der Waals surface area contributed by atoms with Crippen molar-refractivity contribution in [2.45, 2.75) is 19.4 Å². The van der Waals surface area contributed by atoms with Crippen LogP contribution in [0.1, 0.15) is 23.8 Å². The van der Waals surface area contributed by atoms with Crippen molar-refractivity contribution >= 4 is 17.8 Å². The maximum Gasteiger partial charge on any atom is 0.358 e. The summed E-state index contributed by atoms with van der Waals surface area (Å²) < 4.78 is 4.59. The molecule has 1 saturated heterocycles. The van der Waals surface area contributed by atoms with Crippen molar-refractivity contribution in [3.05, 3.63) is 18.1 Å². The first-order valence-corrected chi connectivity index (χ1v) is 5.94. The Balaban J connectivity index is 2.23. The molecular formula is C12H15N3O4. The molecule has 1 aromatic heterocycles. The summed E-state index contributed by atoms with van der Waals surface area (Å²) in [5, 5.41) is 9.09. The lowest BCUT2D eigenvalue weighted by Crippen LogP contribution is -2.33. The highest BCUT2D eigenvalue weighted by atomic mass is 16.5. The Morgan fingerprint density at radius 3 is 2.79 bits per heavy atom. The molecule has 2 unspecified atom stereocenters. The highest BCUT2D eigenvalue weighted by Crippen LogP contribution is 2.28. The third kappa shape index (κ3) is 2.49. The second-order valence-corrected chi connectivity index (χ2v) is 4.42. The van der Waals surface area contributed by atoms with Gasteiger partial charge in [-0.05, 0) is 13.3 Å². The van der Waals surface area contributed by atoms with Crippen molar-refractivity contribution in [3.8, 4) is 0 Å². The fraction of sp³-hybridized carbons (Fsp3) is 0.500. The number of nitrogens with zero attached hydrogens (tertiary/aromatic N) is 3. The predicted octanol–water partition coefficient (Wildman–Crippen LogP) is 0.563. The van der Waals surface area contributed by atoms with Crippen LogP contribution in [-0.4, -0.2) is 46.7 Å². The van der Waals surface area contributed by atoms with Crippen LogP contribution in [0.25, 0.3) is 0 Å². The number of ether oxygens (including phenoxy) is 1. The van der Waals surface area contributed by atoms with Crippen LogP contribution in [0.5, 0.6) is 0 Å². The SMILES string of the molecule is COC(=O)c1cncc(N2CCC(C(=O)O)C2C)n1. The van der Waals surface area contributed by atoms with Gasteiger partial charge in [-0.1, -0.05) is 0 Å². The number of hydrogen-bond acceptors (Lipinski definition) is 6. The van der Waals surface area contributed by atoms with E-state index in [2.05, 4.69) is 14.7 Å². The van der Waals surface area contributed by atoms with Crippen molar-refractivity contribution in [1.82, 2.24) is 9.97 Å². The first-order valence-electron chi connectivity index (χ1n) is 5.94. The minimum Gasteiger partial charge on any atom is -0.481 e. The number of anilines is 1. The molecule has 102 valence electrons. The summed E-state index contributed by atoms with van der Waals surface area (Å²) in [4.78, 5) is 32.4.